The molecular weight excluding hydrogens is 323 g/mol. The van der Waals surface area contributed by atoms with Crippen LogP contribution in [0.2, 0.25) is 5.02 Å². The van der Waals surface area contributed by atoms with E-state index in [1.165, 1.54) is 23.5 Å². The van der Waals surface area contributed by atoms with Crippen LogP contribution in [0.5, 0.6) is 0 Å². The van der Waals surface area contributed by atoms with E-state index in [1.807, 2.05) is 17.5 Å². The average molecular weight is 333 g/mol. The molecule has 3 rings (SSSR count). The van der Waals surface area contributed by atoms with E-state index in [0.717, 1.165) is 16.6 Å². The highest BCUT2D eigenvalue weighted by Gasteiger charge is 2.12. The molecular formula is C16H10ClFN2OS. The van der Waals surface area contributed by atoms with Crippen molar-refractivity contribution in [3.05, 3.63) is 70.4 Å². The lowest BCUT2D eigenvalue weighted by Gasteiger charge is -2.07. The Morgan fingerprint density at radius 1 is 1.23 bits per heavy atom. The number of carbonyl (C=O) groups is 1. The summed E-state index contributed by atoms with van der Waals surface area (Å²) < 4.78 is 13.8. The van der Waals surface area contributed by atoms with Crippen molar-refractivity contribution in [1.29, 1.82) is 0 Å². The predicted octanol–water partition coefficient (Wildman–Crippen LogP) is 4.85. The maximum atomic E-state index is 13.8. The first-order valence-corrected chi connectivity index (χ1v) is 7.65. The van der Waals surface area contributed by atoms with Crippen LogP contribution >= 0.6 is 22.9 Å². The van der Waals surface area contributed by atoms with Crippen molar-refractivity contribution in [3.63, 3.8) is 0 Å². The number of rotatable bonds is 3. The molecule has 0 bridgehead atoms. The van der Waals surface area contributed by atoms with Crippen molar-refractivity contribution in [2.24, 2.45) is 0 Å². The average Bonchev–Trinajstić information content (AvgIpc) is 3.01. The van der Waals surface area contributed by atoms with E-state index < -0.39 is 11.7 Å². The first-order valence-electron chi connectivity index (χ1n) is 6.40. The highest BCUT2D eigenvalue weighted by molar-refractivity contribution is 7.13. The molecule has 3 aromatic rings. The Labute approximate surface area is 135 Å². The fraction of sp³-hybridized carbons (Fsp3) is 0. The minimum Gasteiger partial charge on any atom is -0.322 e. The monoisotopic (exact) mass is 332 g/mol. The molecule has 0 unspecified atom stereocenters. The van der Waals surface area contributed by atoms with E-state index in [9.17, 15) is 9.18 Å². The molecule has 2 aromatic carbocycles. The van der Waals surface area contributed by atoms with Crippen LogP contribution in [0.25, 0.3) is 10.6 Å². The highest BCUT2D eigenvalue weighted by atomic mass is 35.5. The van der Waals surface area contributed by atoms with Crippen molar-refractivity contribution in [2.75, 3.05) is 5.32 Å². The Morgan fingerprint density at radius 3 is 2.82 bits per heavy atom. The number of nitrogens with zero attached hydrogens (tertiary/aromatic N) is 1. The van der Waals surface area contributed by atoms with E-state index in [2.05, 4.69) is 10.3 Å². The zero-order chi connectivity index (χ0) is 15.5. The standard InChI is InChI=1S/C16H10ClFN2OS/c17-11-4-5-13(14(18)9-11)15(21)20-12-3-1-2-10(8-12)16-19-6-7-22-16/h1-9H,(H,20,21). The summed E-state index contributed by atoms with van der Waals surface area (Å²) in [5, 5.41) is 5.66. The minimum atomic E-state index is -0.652. The van der Waals surface area contributed by atoms with E-state index in [0.29, 0.717) is 5.69 Å². The van der Waals surface area contributed by atoms with Crippen LogP contribution in [-0.4, -0.2) is 10.9 Å². The number of halogens is 2. The fourth-order valence-corrected chi connectivity index (χ4v) is 2.76. The second-order valence-electron chi connectivity index (χ2n) is 4.50. The summed E-state index contributed by atoms with van der Waals surface area (Å²) in [7, 11) is 0. The van der Waals surface area contributed by atoms with Crippen molar-refractivity contribution < 1.29 is 9.18 Å². The summed E-state index contributed by atoms with van der Waals surface area (Å²) in [5.41, 5.74) is 1.42. The summed E-state index contributed by atoms with van der Waals surface area (Å²) in [6, 6.07) is 11.2. The van der Waals surface area contributed by atoms with Gasteiger partial charge in [0.25, 0.3) is 5.91 Å². The van der Waals surface area contributed by atoms with Gasteiger partial charge in [0, 0.05) is 27.9 Å². The lowest BCUT2D eigenvalue weighted by Crippen LogP contribution is -2.13. The molecule has 1 heterocycles. The summed E-state index contributed by atoms with van der Waals surface area (Å²) in [5.74, 6) is -1.17. The molecule has 3 nitrogen and oxygen atoms in total. The number of thiazole rings is 1. The zero-order valence-electron chi connectivity index (χ0n) is 11.2. The van der Waals surface area contributed by atoms with Gasteiger partial charge in [0.1, 0.15) is 10.8 Å². The topological polar surface area (TPSA) is 42.0 Å². The Kier molecular flexibility index (Phi) is 4.18. The van der Waals surface area contributed by atoms with Gasteiger partial charge in [-0.2, -0.15) is 0 Å². The van der Waals surface area contributed by atoms with Gasteiger partial charge in [0.15, 0.2) is 0 Å². The second-order valence-corrected chi connectivity index (χ2v) is 5.83. The number of hydrogen-bond acceptors (Lipinski definition) is 3. The van der Waals surface area contributed by atoms with Gasteiger partial charge in [-0.05, 0) is 30.3 Å². The van der Waals surface area contributed by atoms with Crippen LogP contribution in [0.4, 0.5) is 10.1 Å². The van der Waals surface area contributed by atoms with E-state index in [-0.39, 0.29) is 10.6 Å². The minimum absolute atomic E-state index is 0.0518. The molecule has 1 amide bonds. The predicted molar refractivity (Wildman–Crippen MR) is 86.9 cm³/mol. The van der Waals surface area contributed by atoms with Crippen molar-refractivity contribution in [3.8, 4) is 10.6 Å². The number of hydrogen-bond donors (Lipinski definition) is 1. The number of anilines is 1. The third kappa shape index (κ3) is 3.16. The van der Waals surface area contributed by atoms with Crippen LogP contribution in [0.15, 0.2) is 54.0 Å². The summed E-state index contributed by atoms with van der Waals surface area (Å²) in [6.07, 6.45) is 1.72. The number of carbonyl (C=O) groups excluding carboxylic acids is 1. The van der Waals surface area contributed by atoms with Crippen LogP contribution in [0, 0.1) is 5.82 Å². The molecule has 0 aliphatic carbocycles. The molecule has 22 heavy (non-hydrogen) atoms. The third-order valence-electron chi connectivity index (χ3n) is 2.98. The Bertz CT molecular complexity index is 821. The first kappa shape index (κ1) is 14.7. The van der Waals surface area contributed by atoms with Crippen molar-refractivity contribution >= 4 is 34.5 Å². The van der Waals surface area contributed by atoms with Gasteiger partial charge in [0.05, 0.1) is 5.56 Å². The van der Waals surface area contributed by atoms with Gasteiger partial charge in [-0.3, -0.25) is 4.79 Å². The van der Waals surface area contributed by atoms with Gasteiger partial charge in [-0.25, -0.2) is 9.37 Å². The maximum absolute atomic E-state index is 13.8. The van der Waals surface area contributed by atoms with E-state index >= 15 is 0 Å². The summed E-state index contributed by atoms with van der Waals surface area (Å²) in [4.78, 5) is 16.4. The van der Waals surface area contributed by atoms with Crippen LogP contribution in [-0.2, 0) is 0 Å². The van der Waals surface area contributed by atoms with Crippen LogP contribution < -0.4 is 5.32 Å². The SMILES string of the molecule is O=C(Nc1cccc(-c2nccs2)c1)c1ccc(Cl)cc1F. The normalized spacial score (nSPS) is 10.5. The molecule has 0 aliphatic heterocycles. The number of amides is 1. The lowest BCUT2D eigenvalue weighted by atomic mass is 10.1. The maximum Gasteiger partial charge on any atom is 0.258 e. The molecule has 1 aromatic heterocycles. The van der Waals surface area contributed by atoms with Gasteiger partial charge in [-0.15, -0.1) is 11.3 Å². The molecule has 0 radical (unpaired) electrons. The number of benzene rings is 2. The lowest BCUT2D eigenvalue weighted by molar-refractivity contribution is 0.102. The molecule has 0 saturated heterocycles. The van der Waals surface area contributed by atoms with E-state index in [1.54, 1.807) is 18.3 Å². The van der Waals surface area contributed by atoms with E-state index in [4.69, 9.17) is 11.6 Å². The molecule has 0 saturated carbocycles. The van der Waals surface area contributed by atoms with Crippen molar-refractivity contribution in [1.82, 2.24) is 4.98 Å². The molecule has 0 spiro atoms. The smallest absolute Gasteiger partial charge is 0.258 e. The third-order valence-corrected chi connectivity index (χ3v) is 4.03. The van der Waals surface area contributed by atoms with Gasteiger partial charge in [0.2, 0.25) is 0 Å². The fourth-order valence-electron chi connectivity index (χ4n) is 1.97. The largest absolute Gasteiger partial charge is 0.322 e. The number of nitrogens with one attached hydrogen (secondary N) is 1. The molecule has 0 aliphatic rings. The molecule has 1 N–H and O–H groups in total. The molecule has 0 fully saturated rings. The van der Waals surface area contributed by atoms with Crippen LogP contribution in [0.3, 0.4) is 0 Å². The first-order chi connectivity index (χ1) is 10.6. The highest BCUT2D eigenvalue weighted by Crippen LogP contribution is 2.25. The quantitative estimate of drug-likeness (QED) is 0.744. The molecule has 6 heteroatoms. The Hall–Kier alpha value is -2.24. The zero-order valence-corrected chi connectivity index (χ0v) is 12.8. The Morgan fingerprint density at radius 2 is 2.09 bits per heavy atom. The van der Waals surface area contributed by atoms with Gasteiger partial charge >= 0.3 is 0 Å². The molecule has 0 atom stereocenters. The van der Waals surface area contributed by atoms with Crippen LogP contribution in [0.1, 0.15) is 10.4 Å². The Balaban J connectivity index is 1.84. The second kappa shape index (κ2) is 6.25. The number of aromatic nitrogens is 1. The van der Waals surface area contributed by atoms with Gasteiger partial charge in [-0.1, -0.05) is 23.7 Å². The van der Waals surface area contributed by atoms with Crippen molar-refractivity contribution in [2.45, 2.75) is 0 Å². The summed E-state index contributed by atoms with van der Waals surface area (Å²) >= 11 is 7.19. The van der Waals surface area contributed by atoms with Gasteiger partial charge < -0.3 is 5.32 Å². The summed E-state index contributed by atoms with van der Waals surface area (Å²) in [6.45, 7) is 0. The molecule has 110 valence electrons.